The Morgan fingerprint density at radius 1 is 1.04 bits per heavy atom. The van der Waals surface area contributed by atoms with Gasteiger partial charge in [0.1, 0.15) is 6.10 Å². The molecule has 1 unspecified atom stereocenters. The summed E-state index contributed by atoms with van der Waals surface area (Å²) in [7, 11) is 0. The Balaban J connectivity index is 1.92. The number of aliphatic carboxylic acids is 1. The van der Waals surface area contributed by atoms with Gasteiger partial charge in [-0.25, -0.2) is 0 Å². The monoisotopic (exact) mass is 310 g/mol. The predicted octanol–water partition coefficient (Wildman–Crippen LogP) is 4.44. The van der Waals surface area contributed by atoms with Crippen molar-refractivity contribution in [3.63, 3.8) is 0 Å². The fraction of sp³-hybridized carbons (Fsp3) is 0.350. The summed E-state index contributed by atoms with van der Waals surface area (Å²) in [5.74, 6) is -0.732. The third-order valence-corrected chi connectivity index (χ3v) is 4.71. The van der Waals surface area contributed by atoms with E-state index in [-0.39, 0.29) is 12.2 Å². The van der Waals surface area contributed by atoms with E-state index in [1.54, 1.807) is 0 Å². The molecule has 0 spiro atoms. The van der Waals surface area contributed by atoms with Crippen molar-refractivity contribution in [1.29, 1.82) is 0 Å². The smallest absolute Gasteiger partial charge is 0.312 e. The molecule has 1 N–H and O–H groups in total. The van der Waals surface area contributed by atoms with Crippen LogP contribution in [0.15, 0.2) is 60.7 Å². The van der Waals surface area contributed by atoms with E-state index in [0.717, 1.165) is 11.1 Å². The third kappa shape index (κ3) is 3.15. The normalized spacial score (nSPS) is 17.0. The molecule has 120 valence electrons. The molecule has 0 aromatic heterocycles. The van der Waals surface area contributed by atoms with Crippen LogP contribution in [0.5, 0.6) is 0 Å². The number of carboxylic acids is 1. The van der Waals surface area contributed by atoms with Crippen LogP contribution in [-0.2, 0) is 9.53 Å². The lowest BCUT2D eigenvalue weighted by Gasteiger charge is -2.29. The molecule has 0 bridgehead atoms. The average Bonchev–Trinajstić information content (AvgIpc) is 3.39. The van der Waals surface area contributed by atoms with E-state index < -0.39 is 11.4 Å². The Hall–Kier alpha value is -2.13. The van der Waals surface area contributed by atoms with Gasteiger partial charge in [0, 0.05) is 0 Å². The van der Waals surface area contributed by atoms with E-state index in [0.29, 0.717) is 19.3 Å². The summed E-state index contributed by atoms with van der Waals surface area (Å²) in [4.78, 5) is 11.7. The van der Waals surface area contributed by atoms with Gasteiger partial charge in [-0.1, -0.05) is 67.6 Å². The topological polar surface area (TPSA) is 46.5 Å². The Labute approximate surface area is 136 Å². The Morgan fingerprint density at radius 2 is 1.52 bits per heavy atom. The van der Waals surface area contributed by atoms with Crippen LogP contribution in [0.3, 0.4) is 0 Å². The van der Waals surface area contributed by atoms with Gasteiger partial charge in [0.2, 0.25) is 0 Å². The molecule has 0 aliphatic heterocycles. The van der Waals surface area contributed by atoms with E-state index in [1.165, 1.54) is 0 Å². The molecule has 3 nitrogen and oxygen atoms in total. The minimum Gasteiger partial charge on any atom is -0.481 e. The second kappa shape index (κ2) is 6.55. The maximum absolute atomic E-state index is 11.7. The van der Waals surface area contributed by atoms with E-state index in [1.807, 2.05) is 67.6 Å². The Morgan fingerprint density at radius 3 is 1.87 bits per heavy atom. The van der Waals surface area contributed by atoms with Gasteiger partial charge in [-0.2, -0.15) is 0 Å². The quantitative estimate of drug-likeness (QED) is 0.822. The average molecular weight is 310 g/mol. The molecule has 1 saturated carbocycles. The van der Waals surface area contributed by atoms with Crippen LogP contribution in [0.2, 0.25) is 0 Å². The van der Waals surface area contributed by atoms with Gasteiger partial charge in [-0.3, -0.25) is 4.79 Å². The molecule has 1 aliphatic carbocycles. The summed E-state index contributed by atoms with van der Waals surface area (Å²) in [5.41, 5.74) is 1.41. The minimum atomic E-state index is -0.732. The van der Waals surface area contributed by atoms with Crippen LogP contribution < -0.4 is 0 Å². The molecular weight excluding hydrogens is 288 g/mol. The van der Waals surface area contributed by atoms with Crippen molar-refractivity contribution < 1.29 is 14.6 Å². The first-order valence-electron chi connectivity index (χ1n) is 8.16. The first-order valence-corrected chi connectivity index (χ1v) is 8.16. The van der Waals surface area contributed by atoms with Gasteiger partial charge >= 0.3 is 5.97 Å². The zero-order valence-corrected chi connectivity index (χ0v) is 13.3. The molecule has 23 heavy (non-hydrogen) atoms. The highest BCUT2D eigenvalue weighted by molar-refractivity contribution is 5.78. The van der Waals surface area contributed by atoms with Crippen LogP contribution in [0, 0.1) is 5.41 Å². The highest BCUT2D eigenvalue weighted by atomic mass is 16.5. The van der Waals surface area contributed by atoms with Crippen LogP contribution in [-0.4, -0.2) is 17.2 Å². The number of hydrogen-bond acceptors (Lipinski definition) is 2. The Kier molecular flexibility index (Phi) is 4.49. The third-order valence-electron chi connectivity index (χ3n) is 4.71. The first kappa shape index (κ1) is 15.8. The van der Waals surface area contributed by atoms with Crippen LogP contribution in [0.4, 0.5) is 0 Å². The maximum Gasteiger partial charge on any atom is 0.312 e. The summed E-state index contributed by atoms with van der Waals surface area (Å²) >= 11 is 0. The van der Waals surface area contributed by atoms with Gasteiger partial charge in [0.05, 0.1) is 11.5 Å². The molecule has 2 aromatic carbocycles. The number of ether oxygens (including phenoxy) is 1. The zero-order valence-electron chi connectivity index (χ0n) is 13.3. The summed E-state index contributed by atoms with van der Waals surface area (Å²) in [6.45, 7) is 2.00. The number of carbonyl (C=O) groups is 1. The Bertz CT molecular complexity index is 608. The number of hydrogen-bond donors (Lipinski definition) is 1. The summed E-state index contributed by atoms with van der Waals surface area (Å²) < 4.78 is 6.38. The molecule has 0 amide bonds. The van der Waals surface area contributed by atoms with Crippen LogP contribution in [0.25, 0.3) is 0 Å². The molecule has 2 aromatic rings. The van der Waals surface area contributed by atoms with Gasteiger partial charge in [0.25, 0.3) is 0 Å². The number of benzene rings is 2. The van der Waals surface area contributed by atoms with Gasteiger partial charge in [-0.05, 0) is 30.4 Å². The van der Waals surface area contributed by atoms with Crippen molar-refractivity contribution >= 4 is 5.97 Å². The highest BCUT2D eigenvalue weighted by Gasteiger charge is 2.56. The van der Waals surface area contributed by atoms with E-state index in [4.69, 9.17) is 4.74 Å². The van der Waals surface area contributed by atoms with Gasteiger partial charge in [-0.15, -0.1) is 0 Å². The fourth-order valence-electron chi connectivity index (χ4n) is 3.19. The highest BCUT2D eigenvalue weighted by Crippen LogP contribution is 2.52. The lowest BCUT2D eigenvalue weighted by atomic mass is 9.95. The molecule has 0 saturated heterocycles. The first-order chi connectivity index (χ1) is 11.2. The lowest BCUT2D eigenvalue weighted by Crippen LogP contribution is -2.33. The second-order valence-corrected chi connectivity index (χ2v) is 6.20. The maximum atomic E-state index is 11.7. The molecule has 1 fully saturated rings. The summed E-state index contributed by atoms with van der Waals surface area (Å²) in [5, 5.41) is 9.58. The van der Waals surface area contributed by atoms with Gasteiger partial charge < -0.3 is 9.84 Å². The molecule has 1 atom stereocenters. The number of carboxylic acid groups (broad SMARTS) is 1. The van der Waals surface area contributed by atoms with E-state index in [9.17, 15) is 9.90 Å². The van der Waals surface area contributed by atoms with Crippen molar-refractivity contribution in [2.24, 2.45) is 5.41 Å². The zero-order chi connectivity index (χ0) is 16.3. The molecule has 0 heterocycles. The van der Waals surface area contributed by atoms with Crippen molar-refractivity contribution in [3.05, 3.63) is 71.8 Å². The van der Waals surface area contributed by atoms with E-state index in [2.05, 4.69) is 0 Å². The molecule has 0 radical (unpaired) electrons. The largest absolute Gasteiger partial charge is 0.481 e. The molecule has 3 heteroatoms. The van der Waals surface area contributed by atoms with Crippen LogP contribution >= 0.6 is 0 Å². The van der Waals surface area contributed by atoms with Crippen LogP contribution in [0.1, 0.15) is 43.4 Å². The minimum absolute atomic E-state index is 0.237. The van der Waals surface area contributed by atoms with E-state index >= 15 is 0 Å². The fourth-order valence-corrected chi connectivity index (χ4v) is 3.19. The molecular formula is C20H22O3. The summed E-state index contributed by atoms with van der Waals surface area (Å²) in [6, 6.07) is 20.0. The van der Waals surface area contributed by atoms with Crippen molar-refractivity contribution in [2.45, 2.75) is 38.4 Å². The number of rotatable bonds is 7. The lowest BCUT2D eigenvalue weighted by molar-refractivity contribution is -0.152. The van der Waals surface area contributed by atoms with Crippen molar-refractivity contribution in [3.8, 4) is 0 Å². The molecule has 1 aliphatic rings. The van der Waals surface area contributed by atoms with Crippen molar-refractivity contribution in [1.82, 2.24) is 0 Å². The SMILES string of the molecule is CCC(OC(c1ccccc1)c1ccccc1)C1(C(=O)O)CC1. The standard InChI is InChI=1S/C20H22O3/c1-2-17(20(13-14-20)19(21)22)23-18(15-9-5-3-6-10-15)16-11-7-4-8-12-16/h3-12,17-18H,2,13-14H2,1H3,(H,21,22). The second-order valence-electron chi connectivity index (χ2n) is 6.20. The van der Waals surface area contributed by atoms with Gasteiger partial charge in [0.15, 0.2) is 0 Å². The van der Waals surface area contributed by atoms with Crippen molar-refractivity contribution in [2.75, 3.05) is 0 Å². The predicted molar refractivity (Wildman–Crippen MR) is 89.2 cm³/mol. The summed E-state index contributed by atoms with van der Waals surface area (Å²) in [6.07, 6.45) is 1.60. The molecule has 3 rings (SSSR count).